The number of hydrogen-bond acceptors (Lipinski definition) is 1. The molecule has 2 rings (SSSR count). The second-order valence-corrected chi connectivity index (χ2v) is 4.02. The van der Waals surface area contributed by atoms with Crippen LogP contribution in [0.15, 0.2) is 66.7 Å². The number of nitrogens with zero attached hydrogens (tertiary/aromatic N) is 1. The van der Waals surface area contributed by atoms with E-state index in [2.05, 4.69) is 0 Å². The molecule has 2 aromatic carbocycles. The summed E-state index contributed by atoms with van der Waals surface area (Å²) in [4.78, 5) is 0. The van der Waals surface area contributed by atoms with Gasteiger partial charge in [0, 0.05) is 25.1 Å². The van der Waals surface area contributed by atoms with Gasteiger partial charge in [-0.05, 0) is 11.6 Å². The van der Waals surface area contributed by atoms with Crippen LogP contribution in [0, 0.1) is 5.21 Å². The van der Waals surface area contributed by atoms with Crippen LogP contribution in [0.4, 0.5) is 5.69 Å². The molecular formula is C16H15NO. The number of benzene rings is 2. The molecule has 90 valence electrons. The first-order valence-corrected chi connectivity index (χ1v) is 5.86. The molecule has 0 fully saturated rings. The highest BCUT2D eigenvalue weighted by Crippen LogP contribution is 2.10. The van der Waals surface area contributed by atoms with Crippen molar-refractivity contribution in [2.24, 2.45) is 0 Å². The van der Waals surface area contributed by atoms with Gasteiger partial charge in [0.25, 0.3) is 0 Å². The van der Waals surface area contributed by atoms with E-state index in [1.807, 2.05) is 60.7 Å². The number of para-hydroxylation sites is 1. The normalized spacial score (nSPS) is 12.5. The molecule has 18 heavy (non-hydrogen) atoms. The summed E-state index contributed by atoms with van der Waals surface area (Å²) < 4.78 is 0.930. The van der Waals surface area contributed by atoms with Crippen LogP contribution < -0.4 is 0 Å². The Morgan fingerprint density at radius 2 is 1.50 bits per heavy atom. The van der Waals surface area contributed by atoms with Gasteiger partial charge >= 0.3 is 0 Å². The summed E-state index contributed by atoms with van der Waals surface area (Å²) in [5, 5.41) is 12.0. The average molecular weight is 237 g/mol. The lowest BCUT2D eigenvalue weighted by Gasteiger charge is -2.04. The lowest BCUT2D eigenvalue weighted by Crippen LogP contribution is -2.04. The summed E-state index contributed by atoms with van der Waals surface area (Å²) in [6.45, 7) is 1.80. The molecule has 0 aliphatic heterocycles. The fourth-order valence-corrected chi connectivity index (χ4v) is 1.62. The zero-order valence-corrected chi connectivity index (χ0v) is 10.3. The third-order valence-electron chi connectivity index (χ3n) is 2.63. The summed E-state index contributed by atoms with van der Waals surface area (Å²) in [6, 6.07) is 19.1. The van der Waals surface area contributed by atoms with Crippen molar-refractivity contribution in [2.45, 2.75) is 6.92 Å². The van der Waals surface area contributed by atoms with Gasteiger partial charge in [0.2, 0.25) is 5.69 Å². The Labute approximate surface area is 107 Å². The molecule has 0 amide bonds. The van der Waals surface area contributed by atoms with Crippen molar-refractivity contribution in [3.8, 4) is 0 Å². The third-order valence-corrected chi connectivity index (χ3v) is 2.63. The van der Waals surface area contributed by atoms with Gasteiger partial charge < -0.3 is 5.21 Å². The second kappa shape index (κ2) is 5.82. The topological polar surface area (TPSA) is 26.1 Å². The predicted molar refractivity (Wildman–Crippen MR) is 75.9 cm³/mol. The molecule has 0 bridgehead atoms. The molecule has 0 saturated carbocycles. The van der Waals surface area contributed by atoms with Crippen molar-refractivity contribution in [3.05, 3.63) is 77.5 Å². The van der Waals surface area contributed by atoms with E-state index >= 15 is 0 Å². The van der Waals surface area contributed by atoms with Gasteiger partial charge in [0.05, 0.1) is 0 Å². The SMILES string of the molecule is CC(/C=C/c1ccccc1)=[N+](\[O-])c1ccccc1. The van der Waals surface area contributed by atoms with Crippen molar-refractivity contribution in [3.63, 3.8) is 0 Å². The third kappa shape index (κ3) is 3.08. The molecule has 0 N–H and O–H groups in total. The molecule has 2 aromatic rings. The van der Waals surface area contributed by atoms with Crippen molar-refractivity contribution in [1.29, 1.82) is 0 Å². The van der Waals surface area contributed by atoms with Crippen LogP contribution in [0.5, 0.6) is 0 Å². The van der Waals surface area contributed by atoms with E-state index < -0.39 is 0 Å². The lowest BCUT2D eigenvalue weighted by molar-refractivity contribution is -0.360. The molecular weight excluding hydrogens is 222 g/mol. The maximum Gasteiger partial charge on any atom is 0.216 e. The van der Waals surface area contributed by atoms with Crippen molar-refractivity contribution >= 4 is 17.5 Å². The molecule has 0 aliphatic rings. The lowest BCUT2D eigenvalue weighted by atomic mass is 10.2. The van der Waals surface area contributed by atoms with E-state index in [0.717, 1.165) is 10.3 Å². The number of rotatable bonds is 3. The summed E-state index contributed by atoms with van der Waals surface area (Å²) in [6.07, 6.45) is 3.76. The van der Waals surface area contributed by atoms with Crippen LogP contribution in [0.3, 0.4) is 0 Å². The largest absolute Gasteiger partial charge is 0.618 e. The van der Waals surface area contributed by atoms with Crippen LogP contribution in [0.25, 0.3) is 6.08 Å². The molecule has 0 radical (unpaired) electrons. The van der Waals surface area contributed by atoms with Gasteiger partial charge in [-0.3, -0.25) is 0 Å². The van der Waals surface area contributed by atoms with Crippen LogP contribution in [0.2, 0.25) is 0 Å². The molecule has 0 heterocycles. The summed E-state index contributed by atoms with van der Waals surface area (Å²) in [7, 11) is 0. The Balaban J connectivity index is 2.21. The minimum Gasteiger partial charge on any atom is -0.618 e. The Bertz CT molecular complexity index is 556. The van der Waals surface area contributed by atoms with Gasteiger partial charge in [-0.1, -0.05) is 48.5 Å². The van der Waals surface area contributed by atoms with Gasteiger partial charge in [-0.15, -0.1) is 0 Å². The highest BCUT2D eigenvalue weighted by atomic mass is 16.5. The Morgan fingerprint density at radius 3 is 2.11 bits per heavy atom. The average Bonchev–Trinajstić information content (AvgIpc) is 2.46. The number of hydrogen-bond donors (Lipinski definition) is 0. The fraction of sp³-hybridized carbons (Fsp3) is 0.0625. The van der Waals surface area contributed by atoms with Gasteiger partial charge in [-0.25, -0.2) is 0 Å². The Hall–Kier alpha value is -2.35. The first-order valence-electron chi connectivity index (χ1n) is 5.86. The summed E-state index contributed by atoms with van der Waals surface area (Å²) >= 11 is 0. The number of allylic oxidation sites excluding steroid dienone is 1. The fourth-order valence-electron chi connectivity index (χ4n) is 1.62. The molecule has 0 saturated heterocycles. The van der Waals surface area contributed by atoms with Crippen LogP contribution in [-0.2, 0) is 0 Å². The zero-order chi connectivity index (χ0) is 12.8. The van der Waals surface area contributed by atoms with Gasteiger partial charge in [0.1, 0.15) is 0 Å². The molecule has 0 atom stereocenters. The standard InChI is InChI=1S/C16H15NO/c1-14(12-13-15-8-4-2-5-9-15)17(18)16-10-6-3-7-11-16/h2-13H,1H3/b13-12+,17-14+. The molecule has 0 aromatic heterocycles. The molecule has 2 heteroatoms. The predicted octanol–water partition coefficient (Wildman–Crippen LogP) is 4.00. The van der Waals surface area contributed by atoms with E-state index in [0.29, 0.717) is 11.4 Å². The maximum atomic E-state index is 12.0. The quantitative estimate of drug-likeness (QED) is 0.343. The highest BCUT2D eigenvalue weighted by molar-refractivity contribution is 5.93. The zero-order valence-electron chi connectivity index (χ0n) is 10.3. The molecule has 0 unspecified atom stereocenters. The highest BCUT2D eigenvalue weighted by Gasteiger charge is 2.02. The maximum absolute atomic E-state index is 12.0. The minimum atomic E-state index is 0.646. The van der Waals surface area contributed by atoms with Crippen LogP contribution >= 0.6 is 0 Å². The molecule has 2 nitrogen and oxygen atoms in total. The smallest absolute Gasteiger partial charge is 0.216 e. The van der Waals surface area contributed by atoms with Crippen LogP contribution in [0.1, 0.15) is 12.5 Å². The molecule has 0 spiro atoms. The van der Waals surface area contributed by atoms with Gasteiger partial charge in [0.15, 0.2) is 5.71 Å². The minimum absolute atomic E-state index is 0.646. The van der Waals surface area contributed by atoms with E-state index in [9.17, 15) is 5.21 Å². The van der Waals surface area contributed by atoms with E-state index in [1.165, 1.54) is 0 Å². The van der Waals surface area contributed by atoms with Gasteiger partial charge in [-0.2, -0.15) is 4.74 Å². The van der Waals surface area contributed by atoms with Crippen molar-refractivity contribution in [1.82, 2.24) is 0 Å². The second-order valence-electron chi connectivity index (χ2n) is 4.02. The van der Waals surface area contributed by atoms with E-state index in [-0.39, 0.29) is 0 Å². The summed E-state index contributed by atoms with van der Waals surface area (Å²) in [5.74, 6) is 0. The first kappa shape index (κ1) is 12.1. The van der Waals surface area contributed by atoms with E-state index in [4.69, 9.17) is 0 Å². The van der Waals surface area contributed by atoms with Crippen molar-refractivity contribution in [2.75, 3.05) is 0 Å². The van der Waals surface area contributed by atoms with E-state index in [1.54, 1.807) is 19.1 Å². The first-order chi connectivity index (χ1) is 8.77. The summed E-state index contributed by atoms with van der Waals surface area (Å²) in [5.41, 5.74) is 2.39. The monoisotopic (exact) mass is 237 g/mol. The van der Waals surface area contributed by atoms with Crippen LogP contribution in [-0.4, -0.2) is 10.5 Å². The van der Waals surface area contributed by atoms with Crippen molar-refractivity contribution < 1.29 is 4.74 Å². The Kier molecular flexibility index (Phi) is 3.92. The Morgan fingerprint density at radius 1 is 0.944 bits per heavy atom. The molecule has 0 aliphatic carbocycles.